The Bertz CT molecular complexity index is 1260. The zero-order valence-corrected chi connectivity index (χ0v) is 17.7. The molecule has 0 radical (unpaired) electrons. The van der Waals surface area contributed by atoms with Gasteiger partial charge in [-0.2, -0.15) is 0 Å². The van der Waals surface area contributed by atoms with Crippen LogP contribution in [0.15, 0.2) is 93.7 Å². The van der Waals surface area contributed by atoms with Crippen molar-refractivity contribution >= 4 is 27.4 Å². The van der Waals surface area contributed by atoms with Crippen molar-refractivity contribution in [3.05, 3.63) is 99.9 Å². The third kappa shape index (κ3) is 3.50. The van der Waals surface area contributed by atoms with Crippen molar-refractivity contribution in [1.29, 1.82) is 0 Å². The molecular weight excluding hydrogens is 398 g/mol. The van der Waals surface area contributed by atoms with Gasteiger partial charge in [0.1, 0.15) is 16.4 Å². The normalized spacial score (nSPS) is 19.9. The molecule has 0 saturated heterocycles. The van der Waals surface area contributed by atoms with E-state index in [0.717, 1.165) is 11.3 Å². The topological polar surface area (TPSA) is 63.7 Å². The van der Waals surface area contributed by atoms with Crippen LogP contribution in [0.1, 0.15) is 22.8 Å². The zero-order chi connectivity index (χ0) is 21.5. The van der Waals surface area contributed by atoms with Gasteiger partial charge in [-0.15, -0.1) is 0 Å². The van der Waals surface area contributed by atoms with E-state index in [9.17, 15) is 13.2 Å². The third-order valence-corrected chi connectivity index (χ3v) is 6.84. The molecule has 2 aliphatic heterocycles. The molecule has 0 bridgehead atoms. The number of ether oxygens (including phenoxy) is 1. The summed E-state index contributed by atoms with van der Waals surface area (Å²) < 4.78 is 31.7. The Kier molecular flexibility index (Phi) is 4.95. The maximum Gasteiger partial charge on any atom is 0.211 e. The fourth-order valence-electron chi connectivity index (χ4n) is 3.46. The highest BCUT2D eigenvalue weighted by Crippen LogP contribution is 2.38. The Morgan fingerprint density at radius 1 is 0.933 bits per heavy atom. The van der Waals surface area contributed by atoms with Gasteiger partial charge in [-0.3, -0.25) is 4.79 Å². The van der Waals surface area contributed by atoms with E-state index in [2.05, 4.69) is 0 Å². The summed E-state index contributed by atoms with van der Waals surface area (Å²) in [5.41, 5.74) is 2.62. The Hall–Kier alpha value is -3.38. The second-order valence-corrected chi connectivity index (χ2v) is 9.19. The van der Waals surface area contributed by atoms with E-state index in [0.29, 0.717) is 17.1 Å². The molecule has 2 heterocycles. The molecule has 2 aromatic rings. The second-order valence-electron chi connectivity index (χ2n) is 7.34. The van der Waals surface area contributed by atoms with Crippen LogP contribution in [0.3, 0.4) is 0 Å². The number of allylic oxidation sites excluding steroid dienone is 6. The lowest BCUT2D eigenvalue weighted by molar-refractivity contribution is 0.104. The number of Topliss-reactive ketones (excluding diaryl/α,β-unsaturated/α-hetero) is 1. The van der Waals surface area contributed by atoms with Crippen LogP contribution in [-0.4, -0.2) is 28.3 Å². The van der Waals surface area contributed by atoms with E-state index in [-0.39, 0.29) is 15.4 Å². The first-order chi connectivity index (χ1) is 14.3. The Balaban J connectivity index is 1.72. The van der Waals surface area contributed by atoms with Crippen molar-refractivity contribution in [2.75, 3.05) is 19.0 Å². The fourth-order valence-corrected chi connectivity index (χ4v) is 5.17. The van der Waals surface area contributed by atoms with E-state index in [4.69, 9.17) is 4.74 Å². The van der Waals surface area contributed by atoms with Crippen LogP contribution < -0.4 is 4.90 Å². The van der Waals surface area contributed by atoms with Gasteiger partial charge in [0, 0.05) is 30.9 Å². The lowest BCUT2D eigenvalue weighted by atomic mass is 10.1. The number of hydrogen-bond acceptors (Lipinski definition) is 5. The molecule has 6 heteroatoms. The molecule has 0 fully saturated rings. The summed E-state index contributed by atoms with van der Waals surface area (Å²) in [6.07, 6.45) is 6.82. The first-order valence-electron chi connectivity index (χ1n) is 9.44. The third-order valence-electron chi connectivity index (χ3n) is 4.94. The molecule has 2 aliphatic rings. The molecule has 0 unspecified atom stereocenters. The van der Waals surface area contributed by atoms with E-state index < -0.39 is 15.6 Å². The molecule has 4 rings (SSSR count). The van der Waals surface area contributed by atoms with E-state index in [1.165, 1.54) is 6.07 Å². The van der Waals surface area contributed by atoms with Gasteiger partial charge in [0.25, 0.3) is 0 Å². The summed E-state index contributed by atoms with van der Waals surface area (Å²) in [6.45, 7) is 1.73. The van der Waals surface area contributed by atoms with E-state index in [1.807, 2.05) is 49.3 Å². The lowest BCUT2D eigenvalue weighted by Gasteiger charge is -2.15. The van der Waals surface area contributed by atoms with Gasteiger partial charge in [-0.1, -0.05) is 30.3 Å². The second kappa shape index (κ2) is 7.46. The van der Waals surface area contributed by atoms with Crippen LogP contribution in [0.25, 0.3) is 6.08 Å². The summed E-state index contributed by atoms with van der Waals surface area (Å²) in [5.74, 6) is 0.500. The van der Waals surface area contributed by atoms with Crippen molar-refractivity contribution in [1.82, 2.24) is 0 Å². The average Bonchev–Trinajstić information content (AvgIpc) is 2.92. The molecule has 0 spiro atoms. The summed E-state index contributed by atoms with van der Waals surface area (Å²) in [7, 11) is 0.0915. The van der Waals surface area contributed by atoms with Crippen molar-refractivity contribution < 1.29 is 17.9 Å². The van der Waals surface area contributed by atoms with Crippen LogP contribution in [0.5, 0.6) is 0 Å². The Morgan fingerprint density at radius 3 is 2.30 bits per heavy atom. The highest BCUT2D eigenvalue weighted by Gasteiger charge is 2.40. The summed E-state index contributed by atoms with van der Waals surface area (Å²) in [4.78, 5) is 14.7. The number of anilines is 1. The number of hydrogen-bond donors (Lipinski definition) is 0. The molecule has 0 saturated carbocycles. The summed E-state index contributed by atoms with van der Waals surface area (Å²) in [6, 6.07) is 14.3. The number of ketones is 1. The van der Waals surface area contributed by atoms with Crippen LogP contribution in [0, 0.1) is 0 Å². The van der Waals surface area contributed by atoms with Gasteiger partial charge < -0.3 is 9.64 Å². The SMILES string of the molecule is CC1=C/C(=C2\C(=O)c3ccccc3S2(=O)=O)C=C(C=Cc2ccc(N(C)C)cc2)O1. The first kappa shape index (κ1) is 19.9. The minimum Gasteiger partial charge on any atom is -0.462 e. The van der Waals surface area contributed by atoms with Gasteiger partial charge in [0.15, 0.2) is 0 Å². The first-order valence-corrected chi connectivity index (χ1v) is 10.9. The number of rotatable bonds is 3. The molecule has 0 atom stereocenters. The molecule has 0 aromatic heterocycles. The molecule has 0 N–H and O–H groups in total. The van der Waals surface area contributed by atoms with E-state index >= 15 is 0 Å². The molecule has 0 aliphatic carbocycles. The molecule has 30 heavy (non-hydrogen) atoms. The predicted octanol–water partition coefficient (Wildman–Crippen LogP) is 4.51. The predicted molar refractivity (Wildman–Crippen MR) is 118 cm³/mol. The smallest absolute Gasteiger partial charge is 0.211 e. The van der Waals surface area contributed by atoms with Crippen molar-refractivity contribution in [2.45, 2.75) is 11.8 Å². The van der Waals surface area contributed by atoms with Gasteiger partial charge >= 0.3 is 0 Å². The van der Waals surface area contributed by atoms with Crippen LogP contribution in [0.4, 0.5) is 5.69 Å². The van der Waals surface area contributed by atoms with Crippen molar-refractivity contribution in [2.24, 2.45) is 0 Å². The molecule has 5 nitrogen and oxygen atoms in total. The fraction of sp³-hybridized carbons (Fsp3) is 0.125. The highest BCUT2D eigenvalue weighted by atomic mass is 32.2. The number of carbonyl (C=O) groups excluding carboxylic acids is 1. The lowest BCUT2D eigenvalue weighted by Crippen LogP contribution is -2.08. The highest BCUT2D eigenvalue weighted by molar-refractivity contribution is 7.97. The number of fused-ring (bicyclic) bond motifs is 1. The van der Waals surface area contributed by atoms with Crippen molar-refractivity contribution in [3.8, 4) is 0 Å². The average molecular weight is 420 g/mol. The Morgan fingerprint density at radius 2 is 1.63 bits per heavy atom. The summed E-state index contributed by atoms with van der Waals surface area (Å²) >= 11 is 0. The monoisotopic (exact) mass is 419 g/mol. The zero-order valence-electron chi connectivity index (χ0n) is 16.9. The van der Waals surface area contributed by atoms with E-state index in [1.54, 1.807) is 43.4 Å². The minimum absolute atomic E-state index is 0.0570. The quantitative estimate of drug-likeness (QED) is 0.685. The van der Waals surface area contributed by atoms with Gasteiger partial charge in [-0.25, -0.2) is 8.42 Å². The van der Waals surface area contributed by atoms with Crippen LogP contribution in [0.2, 0.25) is 0 Å². The molecule has 152 valence electrons. The van der Waals surface area contributed by atoms with Gasteiger partial charge in [0.05, 0.1) is 4.90 Å². The van der Waals surface area contributed by atoms with Gasteiger partial charge in [0.2, 0.25) is 15.6 Å². The van der Waals surface area contributed by atoms with Crippen molar-refractivity contribution in [3.63, 3.8) is 0 Å². The Labute approximate surface area is 176 Å². The number of carbonyl (C=O) groups is 1. The minimum atomic E-state index is -3.87. The number of benzene rings is 2. The summed E-state index contributed by atoms with van der Waals surface area (Å²) in [5, 5.41) is 0. The van der Waals surface area contributed by atoms with Crippen LogP contribution in [-0.2, 0) is 14.6 Å². The number of nitrogens with zero attached hydrogens (tertiary/aromatic N) is 1. The largest absolute Gasteiger partial charge is 0.462 e. The van der Waals surface area contributed by atoms with Gasteiger partial charge in [-0.05, 0) is 55.0 Å². The standard InChI is InChI=1S/C24H21NO4S/c1-16-14-18(24-23(26)21-6-4-5-7-22(21)30(24,27)28)15-20(29-16)13-10-17-8-11-19(12-9-17)25(2)3/h4-15H,1-3H3/b13-10?,24-18-. The molecule has 0 amide bonds. The number of sulfone groups is 1. The molecular formula is C24H21NO4S. The maximum absolute atomic E-state index is 13.0. The maximum atomic E-state index is 13.0. The van der Waals surface area contributed by atoms with Crippen LogP contribution >= 0.6 is 0 Å². The molecule has 2 aromatic carbocycles.